The number of fused-ring (bicyclic) bond motifs is 1. The van der Waals surface area contributed by atoms with E-state index in [9.17, 15) is 4.79 Å². The number of thiazole rings is 1. The summed E-state index contributed by atoms with van der Waals surface area (Å²) in [6.07, 6.45) is 0.987. The van der Waals surface area contributed by atoms with E-state index in [-0.39, 0.29) is 11.3 Å². The maximum Gasteiger partial charge on any atom is 0.228 e. The van der Waals surface area contributed by atoms with Crippen LogP contribution in [0.3, 0.4) is 0 Å². The lowest BCUT2D eigenvalue weighted by molar-refractivity contribution is -0.128. The van der Waals surface area contributed by atoms with Gasteiger partial charge in [0, 0.05) is 25.3 Å². The van der Waals surface area contributed by atoms with Crippen molar-refractivity contribution >= 4 is 33.3 Å². The summed E-state index contributed by atoms with van der Waals surface area (Å²) >= 11 is 1.63. The standard InChI is InChI=1S/C14H15N3OS/c1-14(7-11(15)17(2)12(18)8-14)13-16-9-5-3-4-6-10(9)19-13/h3-6,15H,7-8H2,1-2H3/t14-/m0/s1. The van der Waals surface area contributed by atoms with Crippen LogP contribution in [0.4, 0.5) is 0 Å². The van der Waals surface area contributed by atoms with Crippen molar-refractivity contribution in [2.75, 3.05) is 7.05 Å². The van der Waals surface area contributed by atoms with Gasteiger partial charge >= 0.3 is 0 Å². The number of carbonyl (C=O) groups is 1. The van der Waals surface area contributed by atoms with Gasteiger partial charge in [-0.2, -0.15) is 0 Å². The minimum absolute atomic E-state index is 0.00185. The van der Waals surface area contributed by atoms with Crippen LogP contribution in [0, 0.1) is 5.41 Å². The van der Waals surface area contributed by atoms with Gasteiger partial charge in [0.15, 0.2) is 0 Å². The number of nitrogens with zero attached hydrogens (tertiary/aromatic N) is 2. The average Bonchev–Trinajstić information content (AvgIpc) is 2.80. The van der Waals surface area contributed by atoms with Gasteiger partial charge in [0.1, 0.15) is 10.8 Å². The minimum Gasteiger partial charge on any atom is -0.304 e. The second kappa shape index (κ2) is 4.13. The van der Waals surface area contributed by atoms with Crippen molar-refractivity contribution in [3.8, 4) is 0 Å². The summed E-state index contributed by atoms with van der Waals surface area (Å²) in [5, 5.41) is 8.90. The second-order valence-electron chi connectivity index (χ2n) is 5.30. The number of aromatic nitrogens is 1. The number of hydrogen-bond acceptors (Lipinski definition) is 4. The Hall–Kier alpha value is -1.75. The molecule has 0 saturated carbocycles. The molecule has 2 heterocycles. The van der Waals surface area contributed by atoms with Crippen LogP contribution in [0.5, 0.6) is 0 Å². The molecule has 5 heteroatoms. The molecule has 0 spiro atoms. The van der Waals surface area contributed by atoms with Crippen molar-refractivity contribution in [2.24, 2.45) is 0 Å². The normalized spacial score (nSPS) is 24.2. The molecule has 19 heavy (non-hydrogen) atoms. The molecular weight excluding hydrogens is 258 g/mol. The van der Waals surface area contributed by atoms with E-state index in [0.717, 1.165) is 15.2 Å². The molecule has 0 aliphatic carbocycles. The quantitative estimate of drug-likeness (QED) is 0.868. The number of benzene rings is 1. The highest BCUT2D eigenvalue weighted by Crippen LogP contribution is 2.39. The number of piperidine rings is 1. The predicted octanol–water partition coefficient (Wildman–Crippen LogP) is 2.78. The molecule has 3 rings (SSSR count). The summed E-state index contributed by atoms with van der Waals surface area (Å²) in [5.41, 5.74) is 0.631. The highest BCUT2D eigenvalue weighted by molar-refractivity contribution is 7.18. The fourth-order valence-electron chi connectivity index (χ4n) is 2.44. The first-order chi connectivity index (χ1) is 8.99. The topological polar surface area (TPSA) is 57.1 Å². The maximum absolute atomic E-state index is 12.0. The summed E-state index contributed by atoms with van der Waals surface area (Å²) in [4.78, 5) is 18.1. The molecular formula is C14H15N3OS. The first-order valence-corrected chi connectivity index (χ1v) is 7.01. The van der Waals surface area contributed by atoms with Gasteiger partial charge in [-0.15, -0.1) is 11.3 Å². The van der Waals surface area contributed by atoms with Crippen LogP contribution in [0.15, 0.2) is 24.3 Å². The Morgan fingerprint density at radius 3 is 2.79 bits per heavy atom. The van der Waals surface area contributed by atoms with Gasteiger partial charge in [-0.1, -0.05) is 19.1 Å². The van der Waals surface area contributed by atoms with E-state index in [4.69, 9.17) is 5.41 Å². The van der Waals surface area contributed by atoms with Crippen molar-refractivity contribution < 1.29 is 4.79 Å². The van der Waals surface area contributed by atoms with Crippen molar-refractivity contribution in [1.29, 1.82) is 5.41 Å². The van der Waals surface area contributed by atoms with E-state index in [1.54, 1.807) is 18.4 Å². The van der Waals surface area contributed by atoms with Gasteiger partial charge < -0.3 is 4.90 Å². The number of para-hydroxylation sites is 1. The molecule has 98 valence electrons. The molecule has 1 aromatic heterocycles. The van der Waals surface area contributed by atoms with Gasteiger partial charge in [0.2, 0.25) is 5.91 Å². The van der Waals surface area contributed by atoms with E-state index in [1.807, 2.05) is 31.2 Å². The Morgan fingerprint density at radius 1 is 1.37 bits per heavy atom. The number of amides is 1. The molecule has 1 fully saturated rings. The lowest BCUT2D eigenvalue weighted by atomic mass is 9.80. The highest BCUT2D eigenvalue weighted by atomic mass is 32.1. The molecule has 0 radical (unpaired) electrons. The summed E-state index contributed by atoms with van der Waals surface area (Å²) in [5.74, 6) is 0.371. The summed E-state index contributed by atoms with van der Waals surface area (Å²) in [7, 11) is 1.67. The fraction of sp³-hybridized carbons (Fsp3) is 0.357. The predicted molar refractivity (Wildman–Crippen MR) is 76.7 cm³/mol. The molecule has 1 atom stereocenters. The van der Waals surface area contributed by atoms with Crippen molar-refractivity contribution in [3.63, 3.8) is 0 Å². The van der Waals surface area contributed by atoms with E-state index >= 15 is 0 Å². The monoisotopic (exact) mass is 273 g/mol. The Bertz CT molecular complexity index is 625. The Kier molecular flexibility index (Phi) is 2.67. The van der Waals surface area contributed by atoms with Crippen LogP contribution in [-0.4, -0.2) is 28.7 Å². The largest absolute Gasteiger partial charge is 0.304 e. The van der Waals surface area contributed by atoms with Crippen LogP contribution in [-0.2, 0) is 10.2 Å². The van der Waals surface area contributed by atoms with Crippen LogP contribution in [0.2, 0.25) is 0 Å². The van der Waals surface area contributed by atoms with Gasteiger partial charge in [-0.3, -0.25) is 10.2 Å². The van der Waals surface area contributed by atoms with Crippen molar-refractivity contribution in [2.45, 2.75) is 25.2 Å². The molecule has 1 N–H and O–H groups in total. The number of likely N-dealkylation sites (tertiary alicyclic amines) is 1. The van der Waals surface area contributed by atoms with E-state index < -0.39 is 0 Å². The third kappa shape index (κ3) is 1.94. The molecule has 0 unspecified atom stereocenters. The van der Waals surface area contributed by atoms with Crippen molar-refractivity contribution in [3.05, 3.63) is 29.3 Å². The maximum atomic E-state index is 12.0. The molecule has 1 aliphatic heterocycles. The number of carbonyl (C=O) groups excluding carboxylic acids is 1. The summed E-state index contributed by atoms with van der Waals surface area (Å²) in [6, 6.07) is 7.99. The first-order valence-electron chi connectivity index (χ1n) is 6.20. The zero-order valence-corrected chi connectivity index (χ0v) is 11.8. The SMILES string of the molecule is CN1C(=N)C[C@](C)(c2nc3ccccc3s2)CC1=O. The third-order valence-electron chi connectivity index (χ3n) is 3.69. The highest BCUT2D eigenvalue weighted by Gasteiger charge is 2.40. The van der Waals surface area contributed by atoms with E-state index in [2.05, 4.69) is 4.98 Å². The molecule has 0 bridgehead atoms. The fourth-order valence-corrected chi connectivity index (χ4v) is 3.54. The lowest BCUT2D eigenvalue weighted by Gasteiger charge is -2.36. The van der Waals surface area contributed by atoms with Crippen LogP contribution < -0.4 is 0 Å². The zero-order valence-electron chi connectivity index (χ0n) is 10.9. The van der Waals surface area contributed by atoms with E-state index in [0.29, 0.717) is 18.7 Å². The second-order valence-corrected chi connectivity index (χ2v) is 6.33. The average molecular weight is 273 g/mol. The minimum atomic E-state index is -0.343. The van der Waals surface area contributed by atoms with Crippen molar-refractivity contribution in [1.82, 2.24) is 9.88 Å². The van der Waals surface area contributed by atoms with E-state index in [1.165, 1.54) is 4.90 Å². The van der Waals surface area contributed by atoms with Gasteiger partial charge in [0.25, 0.3) is 0 Å². The Morgan fingerprint density at radius 2 is 2.11 bits per heavy atom. The third-order valence-corrected chi connectivity index (χ3v) is 5.03. The summed E-state index contributed by atoms with van der Waals surface area (Å²) < 4.78 is 1.14. The van der Waals surface area contributed by atoms with Crippen LogP contribution >= 0.6 is 11.3 Å². The van der Waals surface area contributed by atoms with Gasteiger partial charge in [-0.05, 0) is 12.1 Å². The molecule has 2 aromatic rings. The first kappa shape index (κ1) is 12.3. The van der Waals surface area contributed by atoms with Crippen LogP contribution in [0.1, 0.15) is 24.8 Å². The van der Waals surface area contributed by atoms with Crippen LogP contribution in [0.25, 0.3) is 10.2 Å². The summed E-state index contributed by atoms with van der Waals surface area (Å²) in [6.45, 7) is 2.03. The van der Waals surface area contributed by atoms with Gasteiger partial charge in [0.05, 0.1) is 10.2 Å². The molecule has 1 aromatic carbocycles. The Balaban J connectivity index is 2.04. The molecule has 1 amide bonds. The molecule has 1 aliphatic rings. The zero-order chi connectivity index (χ0) is 13.6. The number of rotatable bonds is 1. The number of amidine groups is 1. The van der Waals surface area contributed by atoms with Gasteiger partial charge in [-0.25, -0.2) is 4.98 Å². The smallest absolute Gasteiger partial charge is 0.228 e. The lowest BCUT2D eigenvalue weighted by Crippen LogP contribution is -2.46. The Labute approximate surface area is 115 Å². The molecule has 1 saturated heterocycles. The number of nitrogens with one attached hydrogen (secondary N) is 1. The number of hydrogen-bond donors (Lipinski definition) is 1. The molecule has 4 nitrogen and oxygen atoms in total.